The topological polar surface area (TPSA) is 93.2 Å². The van der Waals surface area contributed by atoms with Gasteiger partial charge in [0.05, 0.1) is 18.0 Å². The zero-order valence-electron chi connectivity index (χ0n) is 17.7. The summed E-state index contributed by atoms with van der Waals surface area (Å²) in [7, 11) is 1.33. The largest absolute Gasteiger partial charge is 0.467 e. The summed E-state index contributed by atoms with van der Waals surface area (Å²) >= 11 is 5.31. The second kappa shape index (κ2) is 12.3. The lowest BCUT2D eigenvalue weighted by atomic mass is 10.1. The number of aromatic amines is 1. The summed E-state index contributed by atoms with van der Waals surface area (Å²) in [6.07, 6.45) is 6.05. The summed E-state index contributed by atoms with van der Waals surface area (Å²) in [6.45, 7) is 2.59. The predicted molar refractivity (Wildman–Crippen MR) is 120 cm³/mol. The molecule has 1 heterocycles. The maximum Gasteiger partial charge on any atom is 0.328 e. The number of unbranched alkanes of at least 4 members (excludes halogenated alkanes) is 4. The zero-order valence-corrected chi connectivity index (χ0v) is 18.6. The Morgan fingerprint density at radius 1 is 1.17 bits per heavy atom. The van der Waals surface area contributed by atoms with Crippen molar-refractivity contribution in [3.8, 4) is 0 Å². The van der Waals surface area contributed by atoms with Crippen molar-refractivity contribution in [1.29, 1.82) is 0 Å². The Morgan fingerprint density at radius 2 is 1.93 bits per heavy atom. The molecule has 2 rings (SSSR count). The predicted octanol–water partition coefficient (Wildman–Crippen LogP) is 3.86. The van der Waals surface area contributed by atoms with Crippen LogP contribution in [0.1, 0.15) is 58.3 Å². The van der Waals surface area contributed by atoms with E-state index in [2.05, 4.69) is 17.2 Å². The van der Waals surface area contributed by atoms with E-state index < -0.39 is 12.0 Å². The number of benzene rings is 1. The lowest BCUT2D eigenvalue weighted by molar-refractivity contribution is -0.145. The van der Waals surface area contributed by atoms with E-state index in [1.165, 1.54) is 7.11 Å². The summed E-state index contributed by atoms with van der Waals surface area (Å²) in [5, 5.41) is 3.40. The number of para-hydroxylation sites is 1. The van der Waals surface area contributed by atoms with Crippen LogP contribution in [0.4, 0.5) is 0 Å². The summed E-state index contributed by atoms with van der Waals surface area (Å²) in [5.41, 5.74) is 0.639. The van der Waals surface area contributed by atoms with Crippen LogP contribution in [-0.2, 0) is 20.9 Å². The molecule has 7 nitrogen and oxygen atoms in total. The van der Waals surface area contributed by atoms with Gasteiger partial charge in [0.1, 0.15) is 6.04 Å². The molecule has 1 aromatic heterocycles. The van der Waals surface area contributed by atoms with E-state index in [1.54, 1.807) is 10.6 Å². The Hall–Kier alpha value is -2.48. The molecule has 0 aliphatic rings. The quantitative estimate of drug-likeness (QED) is 0.301. The molecule has 8 heteroatoms. The molecule has 1 amide bonds. The Kier molecular flexibility index (Phi) is 9.73. The van der Waals surface area contributed by atoms with E-state index in [-0.39, 0.29) is 11.5 Å². The number of hydrogen-bond acceptors (Lipinski definition) is 5. The fourth-order valence-corrected chi connectivity index (χ4v) is 3.67. The number of aromatic nitrogens is 2. The molecule has 164 valence electrons. The maximum absolute atomic E-state index is 12.6. The van der Waals surface area contributed by atoms with Gasteiger partial charge in [0.2, 0.25) is 5.91 Å². The monoisotopic (exact) mass is 433 g/mol. The highest BCUT2D eigenvalue weighted by Gasteiger charge is 2.20. The highest BCUT2D eigenvalue weighted by Crippen LogP contribution is 2.09. The van der Waals surface area contributed by atoms with Crippen LogP contribution in [0, 0.1) is 4.77 Å². The Balaban J connectivity index is 1.80. The van der Waals surface area contributed by atoms with Crippen molar-refractivity contribution < 1.29 is 14.3 Å². The van der Waals surface area contributed by atoms with Gasteiger partial charge in [0.25, 0.3) is 5.56 Å². The third-order valence-electron chi connectivity index (χ3n) is 5.09. The molecule has 1 atom stereocenters. The second-order valence-electron chi connectivity index (χ2n) is 7.38. The van der Waals surface area contributed by atoms with Crippen molar-refractivity contribution in [2.45, 2.75) is 70.9 Å². The first-order chi connectivity index (χ1) is 14.5. The first-order valence-corrected chi connectivity index (χ1v) is 11.0. The number of methoxy groups -OCH3 is 1. The fourth-order valence-electron chi connectivity index (χ4n) is 3.39. The number of carbonyl (C=O) groups is 2. The van der Waals surface area contributed by atoms with Crippen LogP contribution in [0.5, 0.6) is 0 Å². The number of ether oxygens (including phenoxy) is 1. The first kappa shape index (κ1) is 23.8. The number of hydrogen-bond donors (Lipinski definition) is 2. The molecule has 0 saturated heterocycles. The Labute approximate surface area is 181 Å². The lowest BCUT2D eigenvalue weighted by Gasteiger charge is -2.16. The van der Waals surface area contributed by atoms with E-state index in [0.717, 1.165) is 37.6 Å². The van der Waals surface area contributed by atoms with Gasteiger partial charge in [0, 0.05) is 13.0 Å². The minimum Gasteiger partial charge on any atom is -0.467 e. The van der Waals surface area contributed by atoms with E-state index >= 15 is 0 Å². The summed E-state index contributed by atoms with van der Waals surface area (Å²) < 4.78 is 6.77. The van der Waals surface area contributed by atoms with Crippen molar-refractivity contribution in [2.24, 2.45) is 0 Å². The second-order valence-corrected chi connectivity index (χ2v) is 7.77. The van der Waals surface area contributed by atoms with Crippen LogP contribution >= 0.6 is 12.2 Å². The van der Waals surface area contributed by atoms with Crippen LogP contribution < -0.4 is 10.9 Å². The average molecular weight is 434 g/mol. The van der Waals surface area contributed by atoms with Gasteiger partial charge >= 0.3 is 5.97 Å². The Bertz CT molecular complexity index is 967. The highest BCUT2D eigenvalue weighted by atomic mass is 32.1. The molecule has 30 heavy (non-hydrogen) atoms. The van der Waals surface area contributed by atoms with Gasteiger partial charge in [-0.3, -0.25) is 14.2 Å². The molecule has 0 aliphatic carbocycles. The average Bonchev–Trinajstić information content (AvgIpc) is 2.74. The number of nitrogens with one attached hydrogen (secondary N) is 2. The molecule has 0 spiro atoms. The first-order valence-electron chi connectivity index (χ1n) is 10.6. The SMILES string of the molecule is CCCCC[C@H](NC(=O)CCCCCn1c(=S)[nH]c2ccccc2c1=O)C(=O)OC. The third-order valence-corrected chi connectivity index (χ3v) is 5.41. The molecule has 0 radical (unpaired) electrons. The normalized spacial score (nSPS) is 11.9. The van der Waals surface area contributed by atoms with Gasteiger partial charge < -0.3 is 15.0 Å². The number of rotatable bonds is 12. The third kappa shape index (κ3) is 6.79. The lowest BCUT2D eigenvalue weighted by Crippen LogP contribution is -2.41. The highest BCUT2D eigenvalue weighted by molar-refractivity contribution is 7.71. The van der Waals surface area contributed by atoms with Crippen molar-refractivity contribution in [3.05, 3.63) is 39.4 Å². The van der Waals surface area contributed by atoms with Gasteiger partial charge in [0.15, 0.2) is 4.77 Å². The molecular weight excluding hydrogens is 402 g/mol. The number of esters is 1. The molecule has 0 fully saturated rings. The van der Waals surface area contributed by atoms with E-state index in [0.29, 0.717) is 36.0 Å². The van der Waals surface area contributed by atoms with Crippen LogP contribution in [0.3, 0.4) is 0 Å². The number of amides is 1. The van der Waals surface area contributed by atoms with Crippen molar-refractivity contribution in [3.63, 3.8) is 0 Å². The maximum atomic E-state index is 12.6. The van der Waals surface area contributed by atoms with Crippen molar-refractivity contribution in [2.75, 3.05) is 7.11 Å². The summed E-state index contributed by atoms with van der Waals surface area (Å²) in [6, 6.07) is 6.72. The zero-order chi connectivity index (χ0) is 21.9. The van der Waals surface area contributed by atoms with Crippen molar-refractivity contribution >= 4 is 35.0 Å². The van der Waals surface area contributed by atoms with Crippen LogP contribution in [0.25, 0.3) is 10.9 Å². The standard InChI is InChI=1S/C22H31N3O4S/c1-3-4-6-13-18(21(28)29-2)23-19(26)14-7-5-10-15-25-20(27)16-11-8-9-12-17(16)24-22(25)30/h8-9,11-12,18H,3-7,10,13-15H2,1-2H3,(H,23,26)(H,24,30)/t18-/m0/s1. The van der Waals surface area contributed by atoms with E-state index in [1.807, 2.05) is 18.2 Å². The van der Waals surface area contributed by atoms with E-state index in [4.69, 9.17) is 17.0 Å². The molecule has 0 aliphatic heterocycles. The van der Waals surface area contributed by atoms with Crippen LogP contribution in [0.15, 0.2) is 29.1 Å². The summed E-state index contributed by atoms with van der Waals surface area (Å²) in [4.78, 5) is 39.7. The molecular formula is C22H31N3O4S. The van der Waals surface area contributed by atoms with Gasteiger partial charge in [-0.05, 0) is 43.6 Å². The van der Waals surface area contributed by atoms with Crippen molar-refractivity contribution in [1.82, 2.24) is 14.9 Å². The minimum absolute atomic E-state index is 0.0971. The van der Waals surface area contributed by atoms with Crippen LogP contribution in [-0.4, -0.2) is 34.6 Å². The fraction of sp³-hybridized carbons (Fsp3) is 0.545. The molecule has 2 N–H and O–H groups in total. The van der Waals surface area contributed by atoms with E-state index in [9.17, 15) is 14.4 Å². The number of fused-ring (bicyclic) bond motifs is 1. The van der Waals surface area contributed by atoms with Gasteiger partial charge in [-0.1, -0.05) is 44.7 Å². The number of H-pyrrole nitrogens is 1. The van der Waals surface area contributed by atoms with Gasteiger partial charge in [-0.2, -0.15) is 0 Å². The molecule has 1 aromatic carbocycles. The van der Waals surface area contributed by atoms with Gasteiger partial charge in [-0.25, -0.2) is 4.79 Å². The van der Waals surface area contributed by atoms with Gasteiger partial charge in [-0.15, -0.1) is 0 Å². The molecule has 2 aromatic rings. The number of nitrogens with zero attached hydrogens (tertiary/aromatic N) is 1. The summed E-state index contributed by atoms with van der Waals surface area (Å²) in [5.74, 6) is -0.550. The number of carbonyl (C=O) groups excluding carboxylic acids is 2. The van der Waals surface area contributed by atoms with Crippen LogP contribution in [0.2, 0.25) is 0 Å². The smallest absolute Gasteiger partial charge is 0.328 e. The molecule has 0 bridgehead atoms. The molecule has 0 unspecified atom stereocenters. The Morgan fingerprint density at radius 3 is 2.67 bits per heavy atom. The minimum atomic E-state index is -0.580. The molecule has 0 saturated carbocycles.